The first-order valence-corrected chi connectivity index (χ1v) is 9.12. The van der Waals surface area contributed by atoms with Crippen LogP contribution in [0.25, 0.3) is 11.3 Å². The van der Waals surface area contributed by atoms with Gasteiger partial charge in [0.15, 0.2) is 11.5 Å². The van der Waals surface area contributed by atoms with Gasteiger partial charge in [-0.25, -0.2) is 0 Å². The third-order valence-corrected chi connectivity index (χ3v) is 4.67. The van der Waals surface area contributed by atoms with Crippen molar-refractivity contribution in [2.45, 2.75) is 12.5 Å². The van der Waals surface area contributed by atoms with Crippen LogP contribution in [0.1, 0.15) is 16.1 Å². The minimum atomic E-state index is -0.251. The molecule has 0 fully saturated rings. The van der Waals surface area contributed by atoms with Crippen molar-refractivity contribution in [1.82, 2.24) is 15.4 Å². The molecule has 0 saturated heterocycles. The summed E-state index contributed by atoms with van der Waals surface area (Å²) in [6.45, 7) is 0.518. The van der Waals surface area contributed by atoms with Gasteiger partial charge in [-0.15, -0.1) is 0 Å². The second-order valence-corrected chi connectivity index (χ2v) is 7.04. The molecule has 3 rings (SSSR count). The van der Waals surface area contributed by atoms with E-state index in [1.165, 1.54) is 5.56 Å². The van der Waals surface area contributed by atoms with E-state index < -0.39 is 0 Å². The van der Waals surface area contributed by atoms with Gasteiger partial charge in [0.2, 0.25) is 0 Å². The van der Waals surface area contributed by atoms with E-state index in [0.29, 0.717) is 17.3 Å². The number of halogens is 1. The Labute approximate surface area is 163 Å². The zero-order valence-electron chi connectivity index (χ0n) is 15.4. The van der Waals surface area contributed by atoms with Gasteiger partial charge in [-0.1, -0.05) is 47.1 Å². The van der Waals surface area contributed by atoms with Crippen LogP contribution in [0.3, 0.4) is 0 Å². The summed E-state index contributed by atoms with van der Waals surface area (Å²) in [6.07, 6.45) is 0.850. The quantitative estimate of drug-likeness (QED) is 0.672. The number of likely N-dealkylation sites (N-methyl/N-ethyl adjacent to an activating group) is 1. The van der Waals surface area contributed by atoms with Gasteiger partial charge in [0, 0.05) is 29.2 Å². The Morgan fingerprint density at radius 3 is 2.52 bits per heavy atom. The average Bonchev–Trinajstić information content (AvgIpc) is 3.16. The highest BCUT2D eigenvalue weighted by molar-refractivity contribution is 6.30. The number of benzene rings is 2. The minimum absolute atomic E-state index is 0.180. The number of hydrogen-bond donors (Lipinski definition) is 1. The van der Waals surface area contributed by atoms with Crippen molar-refractivity contribution < 1.29 is 9.32 Å². The Balaban J connectivity index is 1.61. The molecule has 0 bridgehead atoms. The smallest absolute Gasteiger partial charge is 0.273 e. The van der Waals surface area contributed by atoms with E-state index >= 15 is 0 Å². The molecule has 140 valence electrons. The Bertz CT molecular complexity index is 876. The third kappa shape index (κ3) is 5.18. The molecule has 0 aliphatic carbocycles. The van der Waals surface area contributed by atoms with Gasteiger partial charge in [0.1, 0.15) is 0 Å². The summed E-state index contributed by atoms with van der Waals surface area (Å²) in [7, 11) is 4.02. The van der Waals surface area contributed by atoms with Crippen molar-refractivity contribution in [2.24, 2.45) is 0 Å². The van der Waals surface area contributed by atoms with Crippen molar-refractivity contribution in [3.63, 3.8) is 0 Å². The van der Waals surface area contributed by atoms with Crippen molar-refractivity contribution >= 4 is 17.5 Å². The molecule has 0 aliphatic heterocycles. The Morgan fingerprint density at radius 1 is 1.15 bits per heavy atom. The number of carbonyl (C=O) groups excluding carboxylic acids is 1. The standard InChI is InChI=1S/C21H22ClN3O2/c1-25(2)18(12-15-6-4-3-5-7-15)14-23-21(26)19-13-20(27-24-19)16-8-10-17(22)11-9-16/h3-11,13,18H,12,14H2,1-2H3,(H,23,26). The van der Waals surface area contributed by atoms with Gasteiger partial charge < -0.3 is 14.7 Å². The maximum Gasteiger partial charge on any atom is 0.273 e. The molecule has 1 unspecified atom stereocenters. The van der Waals surface area contributed by atoms with Crippen LogP contribution in [-0.4, -0.2) is 42.6 Å². The van der Waals surface area contributed by atoms with Crippen molar-refractivity contribution in [1.29, 1.82) is 0 Å². The van der Waals surface area contributed by atoms with Crippen molar-refractivity contribution in [3.05, 3.63) is 76.9 Å². The molecule has 6 heteroatoms. The van der Waals surface area contributed by atoms with E-state index in [4.69, 9.17) is 16.1 Å². The number of hydrogen-bond acceptors (Lipinski definition) is 4. The lowest BCUT2D eigenvalue weighted by Crippen LogP contribution is -2.41. The molecule has 0 spiro atoms. The molecule has 27 heavy (non-hydrogen) atoms. The highest BCUT2D eigenvalue weighted by Gasteiger charge is 2.17. The first kappa shape index (κ1) is 19.1. The van der Waals surface area contributed by atoms with Gasteiger partial charge in [0.25, 0.3) is 5.91 Å². The monoisotopic (exact) mass is 383 g/mol. The lowest BCUT2D eigenvalue weighted by atomic mass is 10.1. The Kier molecular flexibility index (Phi) is 6.27. The minimum Gasteiger partial charge on any atom is -0.355 e. The summed E-state index contributed by atoms with van der Waals surface area (Å²) < 4.78 is 5.30. The topological polar surface area (TPSA) is 58.4 Å². The molecule has 1 aromatic heterocycles. The van der Waals surface area contributed by atoms with Crippen LogP contribution in [0.2, 0.25) is 5.02 Å². The summed E-state index contributed by atoms with van der Waals surface area (Å²) in [4.78, 5) is 14.6. The largest absolute Gasteiger partial charge is 0.355 e. The number of rotatable bonds is 7. The Morgan fingerprint density at radius 2 is 1.85 bits per heavy atom. The van der Waals surface area contributed by atoms with Crippen LogP contribution in [0.4, 0.5) is 0 Å². The fourth-order valence-electron chi connectivity index (χ4n) is 2.76. The number of carbonyl (C=O) groups is 1. The highest BCUT2D eigenvalue weighted by Crippen LogP contribution is 2.22. The summed E-state index contributed by atoms with van der Waals surface area (Å²) in [5.41, 5.74) is 2.32. The first-order chi connectivity index (χ1) is 13.0. The zero-order chi connectivity index (χ0) is 19.2. The lowest BCUT2D eigenvalue weighted by molar-refractivity contribution is 0.0932. The fourth-order valence-corrected chi connectivity index (χ4v) is 2.88. The summed E-state index contributed by atoms with van der Waals surface area (Å²) in [5, 5.41) is 7.48. The maximum atomic E-state index is 12.4. The second-order valence-electron chi connectivity index (χ2n) is 6.60. The average molecular weight is 384 g/mol. The van der Waals surface area contributed by atoms with Gasteiger partial charge >= 0.3 is 0 Å². The summed E-state index contributed by atoms with van der Waals surface area (Å²) >= 11 is 5.89. The predicted octanol–water partition coefficient (Wildman–Crippen LogP) is 3.90. The normalized spacial score (nSPS) is 12.1. The molecule has 5 nitrogen and oxygen atoms in total. The molecular weight excluding hydrogens is 362 g/mol. The van der Waals surface area contributed by atoms with Crippen LogP contribution in [0.5, 0.6) is 0 Å². The van der Waals surface area contributed by atoms with E-state index in [9.17, 15) is 4.79 Å². The zero-order valence-corrected chi connectivity index (χ0v) is 16.1. The highest BCUT2D eigenvalue weighted by atomic mass is 35.5. The molecule has 0 radical (unpaired) electrons. The van der Waals surface area contributed by atoms with E-state index in [0.717, 1.165) is 12.0 Å². The number of nitrogens with zero attached hydrogens (tertiary/aromatic N) is 2. The molecule has 1 heterocycles. The van der Waals surface area contributed by atoms with Crippen LogP contribution in [0, 0.1) is 0 Å². The van der Waals surface area contributed by atoms with Gasteiger partial charge in [-0.05, 0) is 50.3 Å². The molecule has 3 aromatic rings. The number of nitrogens with one attached hydrogen (secondary N) is 1. The fraction of sp³-hybridized carbons (Fsp3) is 0.238. The van der Waals surface area contributed by atoms with Crippen LogP contribution in [0.15, 0.2) is 65.2 Å². The van der Waals surface area contributed by atoms with Gasteiger partial charge in [0.05, 0.1) is 0 Å². The van der Waals surface area contributed by atoms with Gasteiger partial charge in [-0.2, -0.15) is 0 Å². The molecule has 0 aliphatic rings. The molecule has 1 N–H and O–H groups in total. The maximum absolute atomic E-state index is 12.4. The molecule has 1 amide bonds. The lowest BCUT2D eigenvalue weighted by Gasteiger charge is -2.24. The third-order valence-electron chi connectivity index (χ3n) is 4.41. The van der Waals surface area contributed by atoms with E-state index in [2.05, 4.69) is 27.5 Å². The Hall–Kier alpha value is -2.63. The van der Waals surface area contributed by atoms with Crippen molar-refractivity contribution in [2.75, 3.05) is 20.6 Å². The van der Waals surface area contributed by atoms with E-state index in [1.54, 1.807) is 18.2 Å². The molecule has 0 saturated carbocycles. The number of aromatic nitrogens is 1. The summed E-state index contributed by atoms with van der Waals surface area (Å²) in [5.74, 6) is 0.282. The van der Waals surface area contributed by atoms with Crippen molar-refractivity contribution in [3.8, 4) is 11.3 Å². The van der Waals surface area contributed by atoms with Gasteiger partial charge in [-0.3, -0.25) is 4.79 Å². The SMILES string of the molecule is CN(C)C(CNC(=O)c1cc(-c2ccc(Cl)cc2)on1)Cc1ccccc1. The predicted molar refractivity (Wildman–Crippen MR) is 107 cm³/mol. The van der Waals surface area contributed by atoms with Crippen LogP contribution in [-0.2, 0) is 6.42 Å². The van der Waals surface area contributed by atoms with Crippen LogP contribution < -0.4 is 5.32 Å². The molecular formula is C21H22ClN3O2. The molecule has 2 aromatic carbocycles. The number of amides is 1. The second kappa shape index (κ2) is 8.84. The molecule has 1 atom stereocenters. The summed E-state index contributed by atoms with van der Waals surface area (Å²) in [6, 6.07) is 19.2. The first-order valence-electron chi connectivity index (χ1n) is 8.74. The van der Waals surface area contributed by atoms with E-state index in [1.807, 2.05) is 44.4 Å². The van der Waals surface area contributed by atoms with Crippen LogP contribution >= 0.6 is 11.6 Å². The van der Waals surface area contributed by atoms with E-state index in [-0.39, 0.29) is 17.6 Å².